The Morgan fingerprint density at radius 1 is 0.882 bits per heavy atom. The van der Waals surface area contributed by atoms with Gasteiger partial charge in [0.05, 0.1) is 0 Å². The zero-order valence-electron chi connectivity index (χ0n) is 12.8. The van der Waals surface area contributed by atoms with Crippen molar-refractivity contribution < 1.29 is 0 Å². The SMILES string of the molecule is CCN(CC)C1(CN)CC(C)(C)CC(C)(C)C1. The lowest BCUT2D eigenvalue weighted by molar-refractivity contribution is -0.0393. The van der Waals surface area contributed by atoms with Crippen LogP contribution in [0.1, 0.15) is 60.8 Å². The van der Waals surface area contributed by atoms with E-state index in [1.807, 2.05) is 0 Å². The second kappa shape index (κ2) is 4.89. The van der Waals surface area contributed by atoms with E-state index in [9.17, 15) is 0 Å². The fraction of sp³-hybridized carbons (Fsp3) is 1.00. The highest BCUT2D eigenvalue weighted by Crippen LogP contribution is 2.51. The van der Waals surface area contributed by atoms with Crippen LogP contribution >= 0.6 is 0 Å². The molecular weight excluding hydrogens is 208 g/mol. The van der Waals surface area contributed by atoms with Crippen LogP contribution < -0.4 is 5.73 Å². The number of hydrogen-bond donors (Lipinski definition) is 1. The largest absolute Gasteiger partial charge is 0.329 e. The van der Waals surface area contributed by atoms with Gasteiger partial charge in [0.25, 0.3) is 0 Å². The van der Waals surface area contributed by atoms with Crippen LogP contribution in [0.2, 0.25) is 0 Å². The summed E-state index contributed by atoms with van der Waals surface area (Å²) in [6.07, 6.45) is 3.78. The van der Waals surface area contributed by atoms with E-state index < -0.39 is 0 Å². The normalized spacial score (nSPS) is 26.1. The fourth-order valence-corrected chi connectivity index (χ4v) is 4.66. The number of rotatable bonds is 4. The van der Waals surface area contributed by atoms with Crippen molar-refractivity contribution in [3.8, 4) is 0 Å². The summed E-state index contributed by atoms with van der Waals surface area (Å²) < 4.78 is 0. The van der Waals surface area contributed by atoms with Crippen LogP contribution in [0, 0.1) is 10.8 Å². The van der Waals surface area contributed by atoms with Crippen LogP contribution in [0.15, 0.2) is 0 Å². The van der Waals surface area contributed by atoms with Gasteiger partial charge >= 0.3 is 0 Å². The molecule has 2 nitrogen and oxygen atoms in total. The van der Waals surface area contributed by atoms with Crippen molar-refractivity contribution in [2.45, 2.75) is 66.3 Å². The lowest BCUT2D eigenvalue weighted by Gasteiger charge is -2.56. The van der Waals surface area contributed by atoms with Gasteiger partial charge in [0.2, 0.25) is 0 Å². The molecular formula is C15H32N2. The highest BCUT2D eigenvalue weighted by molar-refractivity contribution is 5.04. The molecule has 1 saturated carbocycles. The van der Waals surface area contributed by atoms with Gasteiger partial charge in [0.1, 0.15) is 0 Å². The standard InChI is InChI=1S/C15H32N2/c1-7-17(8-2)15(12-16)10-13(3,4)9-14(5,6)11-15/h7-12,16H2,1-6H3. The van der Waals surface area contributed by atoms with Crippen LogP contribution in [0.25, 0.3) is 0 Å². The van der Waals surface area contributed by atoms with Crippen molar-refractivity contribution in [1.82, 2.24) is 4.90 Å². The van der Waals surface area contributed by atoms with Gasteiger partial charge in [-0.2, -0.15) is 0 Å². The molecule has 0 aromatic rings. The second-order valence-corrected chi connectivity index (χ2v) is 7.46. The molecule has 0 aromatic heterocycles. The third-order valence-corrected chi connectivity index (χ3v) is 4.39. The third-order valence-electron chi connectivity index (χ3n) is 4.39. The van der Waals surface area contributed by atoms with E-state index in [-0.39, 0.29) is 5.54 Å². The molecule has 2 heteroatoms. The van der Waals surface area contributed by atoms with E-state index in [1.54, 1.807) is 0 Å². The van der Waals surface area contributed by atoms with E-state index in [0.717, 1.165) is 19.6 Å². The van der Waals surface area contributed by atoms with E-state index in [1.165, 1.54) is 19.3 Å². The van der Waals surface area contributed by atoms with E-state index in [2.05, 4.69) is 46.4 Å². The summed E-state index contributed by atoms with van der Waals surface area (Å²) >= 11 is 0. The van der Waals surface area contributed by atoms with E-state index >= 15 is 0 Å². The highest BCUT2D eigenvalue weighted by Gasteiger charge is 2.48. The lowest BCUT2D eigenvalue weighted by Crippen LogP contribution is -2.60. The Balaban J connectivity index is 3.05. The zero-order chi connectivity index (χ0) is 13.3. The van der Waals surface area contributed by atoms with Crippen molar-refractivity contribution in [3.63, 3.8) is 0 Å². The summed E-state index contributed by atoms with van der Waals surface area (Å²) in [4.78, 5) is 2.59. The number of likely N-dealkylation sites (N-methyl/N-ethyl adjacent to an activating group) is 1. The first kappa shape index (κ1) is 15.0. The van der Waals surface area contributed by atoms with E-state index in [0.29, 0.717) is 10.8 Å². The molecule has 0 aromatic carbocycles. The average Bonchev–Trinajstić information content (AvgIpc) is 2.14. The predicted molar refractivity (Wildman–Crippen MR) is 76.1 cm³/mol. The molecule has 0 bridgehead atoms. The van der Waals surface area contributed by atoms with Gasteiger partial charge < -0.3 is 5.73 Å². The Kier molecular flexibility index (Phi) is 4.31. The Bertz CT molecular complexity index is 236. The van der Waals surface area contributed by atoms with Gasteiger partial charge in [-0.25, -0.2) is 0 Å². The molecule has 1 aliphatic rings. The number of nitrogens with two attached hydrogens (primary N) is 1. The predicted octanol–water partition coefficient (Wildman–Crippen LogP) is 3.26. The Morgan fingerprint density at radius 2 is 1.29 bits per heavy atom. The molecule has 0 amide bonds. The van der Waals surface area contributed by atoms with Gasteiger partial charge in [-0.05, 0) is 43.2 Å². The summed E-state index contributed by atoms with van der Waals surface area (Å²) in [5.74, 6) is 0. The van der Waals surface area contributed by atoms with Gasteiger partial charge in [-0.15, -0.1) is 0 Å². The molecule has 1 fully saturated rings. The molecule has 0 unspecified atom stereocenters. The maximum absolute atomic E-state index is 6.19. The van der Waals surface area contributed by atoms with Crippen LogP contribution in [0.3, 0.4) is 0 Å². The average molecular weight is 240 g/mol. The monoisotopic (exact) mass is 240 g/mol. The van der Waals surface area contributed by atoms with Crippen molar-refractivity contribution in [1.29, 1.82) is 0 Å². The topological polar surface area (TPSA) is 29.3 Å². The summed E-state index contributed by atoms with van der Waals surface area (Å²) in [5.41, 5.74) is 7.22. The second-order valence-electron chi connectivity index (χ2n) is 7.46. The zero-order valence-corrected chi connectivity index (χ0v) is 12.8. The van der Waals surface area contributed by atoms with Crippen molar-refractivity contribution >= 4 is 0 Å². The van der Waals surface area contributed by atoms with Gasteiger partial charge in [0.15, 0.2) is 0 Å². The molecule has 1 rings (SSSR count). The Labute approximate surface area is 108 Å². The van der Waals surface area contributed by atoms with Gasteiger partial charge in [-0.1, -0.05) is 41.5 Å². The van der Waals surface area contributed by atoms with Crippen LogP contribution in [0.5, 0.6) is 0 Å². The molecule has 17 heavy (non-hydrogen) atoms. The first-order valence-corrected chi connectivity index (χ1v) is 7.15. The Hall–Kier alpha value is -0.0800. The minimum atomic E-state index is 0.217. The Morgan fingerprint density at radius 3 is 1.59 bits per heavy atom. The summed E-state index contributed by atoms with van der Waals surface area (Å²) in [5, 5.41) is 0. The maximum atomic E-state index is 6.19. The number of hydrogen-bond acceptors (Lipinski definition) is 2. The van der Waals surface area contributed by atoms with Gasteiger partial charge in [0, 0.05) is 12.1 Å². The fourth-order valence-electron chi connectivity index (χ4n) is 4.66. The molecule has 0 atom stereocenters. The molecule has 0 spiro atoms. The summed E-state index contributed by atoms with van der Waals surface area (Å²) in [6.45, 7) is 17.2. The molecule has 0 heterocycles. The van der Waals surface area contributed by atoms with Crippen molar-refractivity contribution in [2.24, 2.45) is 16.6 Å². The van der Waals surface area contributed by atoms with Crippen LogP contribution in [-0.2, 0) is 0 Å². The lowest BCUT2D eigenvalue weighted by atomic mass is 9.58. The third kappa shape index (κ3) is 3.23. The molecule has 0 aliphatic heterocycles. The van der Waals surface area contributed by atoms with E-state index in [4.69, 9.17) is 5.73 Å². The first-order chi connectivity index (χ1) is 7.70. The van der Waals surface area contributed by atoms with Gasteiger partial charge in [-0.3, -0.25) is 4.90 Å². The minimum Gasteiger partial charge on any atom is -0.329 e. The van der Waals surface area contributed by atoms with Crippen LogP contribution in [0.4, 0.5) is 0 Å². The van der Waals surface area contributed by atoms with Crippen molar-refractivity contribution in [3.05, 3.63) is 0 Å². The minimum absolute atomic E-state index is 0.217. The molecule has 1 aliphatic carbocycles. The van der Waals surface area contributed by atoms with Crippen LogP contribution in [-0.4, -0.2) is 30.1 Å². The summed E-state index contributed by atoms with van der Waals surface area (Å²) in [7, 11) is 0. The molecule has 0 radical (unpaired) electrons. The molecule has 0 saturated heterocycles. The molecule has 2 N–H and O–H groups in total. The summed E-state index contributed by atoms with van der Waals surface area (Å²) in [6, 6.07) is 0. The van der Waals surface area contributed by atoms with Crippen molar-refractivity contribution in [2.75, 3.05) is 19.6 Å². The smallest absolute Gasteiger partial charge is 0.0341 e. The maximum Gasteiger partial charge on any atom is 0.0341 e. The first-order valence-electron chi connectivity index (χ1n) is 7.15. The number of nitrogens with zero attached hydrogens (tertiary/aromatic N) is 1. The quantitative estimate of drug-likeness (QED) is 0.817. The molecule has 102 valence electrons. The highest BCUT2D eigenvalue weighted by atomic mass is 15.2.